The van der Waals surface area contributed by atoms with Gasteiger partial charge < -0.3 is 25.0 Å². The zero-order valence-electron chi connectivity index (χ0n) is 20.2. The number of aryl methyl sites for hydroxylation is 1. The number of nitrogens with one attached hydrogen (secondary N) is 2. The third kappa shape index (κ3) is 8.96. The van der Waals surface area contributed by atoms with Crippen molar-refractivity contribution in [3.05, 3.63) is 29.8 Å². The smallest absolute Gasteiger partial charge is 0.191 e. The molecule has 1 aromatic carbocycles. The fourth-order valence-electron chi connectivity index (χ4n) is 4.21. The number of unbranched alkanes of at least 4 members (excludes halogenated alkanes) is 1. The van der Waals surface area contributed by atoms with Crippen molar-refractivity contribution in [2.75, 3.05) is 77.1 Å². The Kier molecular flexibility index (Phi) is 11.1. The van der Waals surface area contributed by atoms with E-state index in [1.54, 1.807) is 0 Å². The lowest BCUT2D eigenvalue weighted by Crippen LogP contribution is -2.46. The van der Waals surface area contributed by atoms with Gasteiger partial charge in [-0.2, -0.15) is 0 Å². The van der Waals surface area contributed by atoms with Gasteiger partial charge in [-0.05, 0) is 63.8 Å². The monoisotopic (exact) mass is 445 g/mol. The second-order valence-electron chi connectivity index (χ2n) is 8.77. The van der Waals surface area contributed by atoms with Crippen molar-refractivity contribution in [2.45, 2.75) is 45.6 Å². The van der Waals surface area contributed by atoms with Gasteiger partial charge in [0.1, 0.15) is 0 Å². The van der Waals surface area contributed by atoms with E-state index in [0.717, 1.165) is 90.9 Å². The summed E-state index contributed by atoms with van der Waals surface area (Å²) < 4.78 is 11.1. The lowest BCUT2D eigenvalue weighted by atomic mass is 10.2. The third-order valence-corrected chi connectivity index (χ3v) is 6.09. The van der Waals surface area contributed by atoms with Crippen LogP contribution in [0, 0.1) is 6.92 Å². The van der Waals surface area contributed by atoms with Crippen LogP contribution in [0.25, 0.3) is 0 Å². The number of hydrogen-bond acceptors (Lipinski definition) is 5. The van der Waals surface area contributed by atoms with E-state index < -0.39 is 0 Å². The van der Waals surface area contributed by atoms with Gasteiger partial charge in [-0.25, -0.2) is 0 Å². The van der Waals surface area contributed by atoms with Crippen molar-refractivity contribution in [2.24, 2.45) is 4.99 Å². The van der Waals surface area contributed by atoms with Crippen LogP contribution < -0.4 is 15.5 Å². The van der Waals surface area contributed by atoms with Gasteiger partial charge >= 0.3 is 0 Å². The number of anilines is 1. The van der Waals surface area contributed by atoms with Crippen molar-refractivity contribution >= 4 is 11.6 Å². The summed E-state index contributed by atoms with van der Waals surface area (Å²) in [6, 6.07) is 8.86. The number of rotatable bonds is 12. The molecule has 2 fully saturated rings. The molecule has 1 aromatic rings. The summed E-state index contributed by atoms with van der Waals surface area (Å²) in [4.78, 5) is 9.78. The van der Waals surface area contributed by atoms with Crippen LogP contribution in [-0.4, -0.2) is 89.1 Å². The maximum absolute atomic E-state index is 5.81. The standard InChI is InChI=1S/C25H43N5O2/c1-3-26-25(28-12-7-18-32-24-10-19-31-21-24)27-11-4-5-13-29-14-16-30(17-15-29)23-9-6-8-22(2)20-23/h6,8-9,20,24H,3-5,7,10-19,21H2,1-2H3,(H2,26,27,28). The Bertz CT molecular complexity index is 670. The van der Waals surface area contributed by atoms with Crippen molar-refractivity contribution in [1.82, 2.24) is 15.5 Å². The summed E-state index contributed by atoms with van der Waals surface area (Å²) in [6.07, 6.45) is 4.63. The SMILES string of the molecule is CCNC(=NCCCOC1CCOC1)NCCCCN1CCN(c2cccc(C)c2)CC1. The van der Waals surface area contributed by atoms with Crippen LogP contribution in [0.5, 0.6) is 0 Å². The molecule has 1 atom stereocenters. The summed E-state index contributed by atoms with van der Waals surface area (Å²) in [5.74, 6) is 0.920. The van der Waals surface area contributed by atoms with Crippen molar-refractivity contribution in [3.63, 3.8) is 0 Å². The fourth-order valence-corrected chi connectivity index (χ4v) is 4.21. The minimum Gasteiger partial charge on any atom is -0.379 e. The van der Waals surface area contributed by atoms with Gasteiger partial charge in [0.05, 0.1) is 12.7 Å². The van der Waals surface area contributed by atoms with E-state index in [4.69, 9.17) is 9.47 Å². The first-order chi connectivity index (χ1) is 15.7. The van der Waals surface area contributed by atoms with E-state index in [9.17, 15) is 0 Å². The van der Waals surface area contributed by atoms with Gasteiger partial charge in [0.2, 0.25) is 0 Å². The highest BCUT2D eigenvalue weighted by Crippen LogP contribution is 2.17. The number of hydrogen-bond donors (Lipinski definition) is 2. The zero-order valence-corrected chi connectivity index (χ0v) is 20.2. The third-order valence-electron chi connectivity index (χ3n) is 6.09. The van der Waals surface area contributed by atoms with Gasteiger partial charge in [0.25, 0.3) is 0 Å². The average molecular weight is 446 g/mol. The van der Waals surface area contributed by atoms with Gasteiger partial charge in [-0.1, -0.05) is 12.1 Å². The van der Waals surface area contributed by atoms with E-state index >= 15 is 0 Å². The highest BCUT2D eigenvalue weighted by atomic mass is 16.5. The highest BCUT2D eigenvalue weighted by Gasteiger charge is 2.17. The Morgan fingerprint density at radius 1 is 1.16 bits per heavy atom. The van der Waals surface area contributed by atoms with E-state index in [2.05, 4.69) is 63.5 Å². The van der Waals surface area contributed by atoms with Crippen LogP contribution in [0.3, 0.4) is 0 Å². The summed E-state index contributed by atoms with van der Waals surface area (Å²) in [7, 11) is 0. The Hall–Kier alpha value is -1.83. The predicted octanol–water partition coefficient (Wildman–Crippen LogP) is 2.65. The molecule has 2 aliphatic heterocycles. The predicted molar refractivity (Wildman–Crippen MR) is 133 cm³/mol. The number of aliphatic imine (C=N–C) groups is 1. The maximum Gasteiger partial charge on any atom is 0.191 e. The molecular formula is C25H43N5O2. The van der Waals surface area contributed by atoms with Gasteiger partial charge in [0.15, 0.2) is 5.96 Å². The molecule has 0 amide bonds. The van der Waals surface area contributed by atoms with Crippen LogP contribution >= 0.6 is 0 Å². The Labute approximate surface area is 194 Å². The molecule has 0 bridgehead atoms. The number of ether oxygens (including phenoxy) is 2. The lowest BCUT2D eigenvalue weighted by molar-refractivity contribution is 0.0424. The number of nitrogens with zero attached hydrogens (tertiary/aromatic N) is 3. The molecule has 2 aliphatic rings. The second-order valence-corrected chi connectivity index (χ2v) is 8.77. The molecule has 0 aromatic heterocycles. The first kappa shape index (κ1) is 24.8. The van der Waals surface area contributed by atoms with Crippen LogP contribution in [0.4, 0.5) is 5.69 Å². The minimum absolute atomic E-state index is 0.288. The number of piperazine rings is 1. The quantitative estimate of drug-likeness (QED) is 0.293. The highest BCUT2D eigenvalue weighted by molar-refractivity contribution is 5.79. The summed E-state index contributed by atoms with van der Waals surface area (Å²) in [5, 5.41) is 6.82. The molecule has 0 saturated carbocycles. The largest absolute Gasteiger partial charge is 0.379 e. The fraction of sp³-hybridized carbons (Fsp3) is 0.720. The molecule has 1 unspecified atom stereocenters. The molecule has 7 nitrogen and oxygen atoms in total. The van der Waals surface area contributed by atoms with Crippen LogP contribution in [0.1, 0.15) is 38.2 Å². The van der Waals surface area contributed by atoms with E-state index in [-0.39, 0.29) is 6.10 Å². The molecule has 7 heteroatoms. The Morgan fingerprint density at radius 2 is 2.03 bits per heavy atom. The van der Waals surface area contributed by atoms with Crippen molar-refractivity contribution in [1.29, 1.82) is 0 Å². The van der Waals surface area contributed by atoms with Crippen molar-refractivity contribution in [3.8, 4) is 0 Å². The summed E-state index contributed by atoms with van der Waals surface area (Å²) in [6.45, 7) is 15.0. The number of benzene rings is 1. The Balaban J connectivity index is 1.23. The van der Waals surface area contributed by atoms with Gasteiger partial charge in [0, 0.05) is 64.7 Å². The molecular weight excluding hydrogens is 402 g/mol. The maximum atomic E-state index is 5.81. The van der Waals surface area contributed by atoms with Gasteiger partial charge in [-0.3, -0.25) is 9.89 Å². The first-order valence-electron chi connectivity index (χ1n) is 12.5. The number of guanidine groups is 1. The molecule has 2 N–H and O–H groups in total. The van der Waals surface area contributed by atoms with E-state index in [1.807, 2.05) is 0 Å². The van der Waals surface area contributed by atoms with Crippen LogP contribution in [-0.2, 0) is 9.47 Å². The molecule has 0 radical (unpaired) electrons. The molecule has 2 heterocycles. The molecule has 32 heavy (non-hydrogen) atoms. The topological polar surface area (TPSA) is 61.4 Å². The first-order valence-corrected chi connectivity index (χ1v) is 12.5. The zero-order chi connectivity index (χ0) is 22.4. The minimum atomic E-state index is 0.288. The Morgan fingerprint density at radius 3 is 2.78 bits per heavy atom. The van der Waals surface area contributed by atoms with Gasteiger partial charge in [-0.15, -0.1) is 0 Å². The second kappa shape index (κ2) is 14.3. The molecule has 3 rings (SSSR count). The molecule has 0 aliphatic carbocycles. The summed E-state index contributed by atoms with van der Waals surface area (Å²) >= 11 is 0. The van der Waals surface area contributed by atoms with Crippen LogP contribution in [0.15, 0.2) is 29.3 Å². The molecule has 180 valence electrons. The van der Waals surface area contributed by atoms with Crippen molar-refractivity contribution < 1.29 is 9.47 Å². The summed E-state index contributed by atoms with van der Waals surface area (Å²) in [5.41, 5.74) is 2.70. The normalized spacial score (nSPS) is 20.0. The molecule has 2 saturated heterocycles. The van der Waals surface area contributed by atoms with Crippen LogP contribution in [0.2, 0.25) is 0 Å². The average Bonchev–Trinajstić information content (AvgIpc) is 3.32. The van der Waals surface area contributed by atoms with E-state index in [1.165, 1.54) is 24.2 Å². The lowest BCUT2D eigenvalue weighted by Gasteiger charge is -2.36. The van der Waals surface area contributed by atoms with E-state index in [0.29, 0.717) is 0 Å². The molecule has 0 spiro atoms.